The lowest BCUT2D eigenvalue weighted by Gasteiger charge is -2.10. The largest absolute Gasteiger partial charge is 0.497 e. The number of anilines is 1. The molecule has 1 N–H and O–H groups in total. The van der Waals surface area contributed by atoms with E-state index in [4.69, 9.17) is 14.7 Å². The normalized spacial score (nSPS) is 12.9. The van der Waals surface area contributed by atoms with Crippen molar-refractivity contribution in [1.82, 2.24) is 0 Å². The Kier molecular flexibility index (Phi) is 7.17. The Morgan fingerprint density at radius 2 is 1.53 bits per heavy atom. The van der Waals surface area contributed by atoms with Gasteiger partial charge in [-0.15, -0.1) is 11.8 Å². The molecule has 0 aromatic heterocycles. The Morgan fingerprint density at radius 3 is 2.18 bits per heavy atom. The van der Waals surface area contributed by atoms with Crippen molar-refractivity contribution in [3.05, 3.63) is 82.4 Å². The highest BCUT2D eigenvalue weighted by molar-refractivity contribution is 8.14. The van der Waals surface area contributed by atoms with Gasteiger partial charge in [0, 0.05) is 12.1 Å². The summed E-state index contributed by atoms with van der Waals surface area (Å²) in [6.07, 6.45) is 0.556. The minimum absolute atomic E-state index is 0.0524. The molecule has 1 amide bonds. The number of carbonyl (C=O) groups is 1. The highest BCUT2D eigenvalue weighted by Gasteiger charge is 2.18. The van der Waals surface area contributed by atoms with Crippen LogP contribution in [0.15, 0.2) is 64.6 Å². The number of rotatable bonds is 5. The number of fused-ring (bicyclic) bond motifs is 1. The number of methoxy groups -OCH3 is 1. The third-order valence-corrected chi connectivity index (χ3v) is 6.97. The molecule has 0 bridgehead atoms. The Balaban J connectivity index is 1.57. The van der Waals surface area contributed by atoms with Crippen molar-refractivity contribution < 1.29 is 9.53 Å². The standard InChI is InChI=1S/C28H29N3O2S/c1-17-6-9-22(12-18(17)2)29-27(32)16-34-28-15-24(21-7-10-23(33-5)11-8-21)30-25-13-19(3)20(4)14-26(25)31-28/h6-14H,15-16H2,1-5H3,(H,29,32). The smallest absolute Gasteiger partial charge is 0.234 e. The second kappa shape index (κ2) is 10.3. The van der Waals surface area contributed by atoms with Gasteiger partial charge in [0.1, 0.15) is 5.75 Å². The molecule has 34 heavy (non-hydrogen) atoms. The number of hydrogen-bond acceptors (Lipinski definition) is 5. The molecule has 174 valence electrons. The molecule has 0 radical (unpaired) electrons. The van der Waals surface area contributed by atoms with Crippen LogP contribution in [-0.4, -0.2) is 29.5 Å². The van der Waals surface area contributed by atoms with E-state index in [1.807, 2.05) is 49.4 Å². The van der Waals surface area contributed by atoms with Crippen molar-refractivity contribution in [3.63, 3.8) is 0 Å². The molecule has 0 atom stereocenters. The quantitative estimate of drug-likeness (QED) is 0.442. The minimum Gasteiger partial charge on any atom is -0.497 e. The van der Waals surface area contributed by atoms with Gasteiger partial charge in [-0.3, -0.25) is 9.79 Å². The summed E-state index contributed by atoms with van der Waals surface area (Å²) in [5, 5.41) is 3.86. The van der Waals surface area contributed by atoms with E-state index in [1.165, 1.54) is 28.5 Å². The maximum atomic E-state index is 12.7. The number of thioether (sulfide) groups is 1. The first kappa shape index (κ1) is 23.8. The van der Waals surface area contributed by atoms with E-state index >= 15 is 0 Å². The maximum Gasteiger partial charge on any atom is 0.234 e. The summed E-state index contributed by atoms with van der Waals surface area (Å²) in [6, 6.07) is 18.0. The molecule has 0 saturated carbocycles. The zero-order chi connectivity index (χ0) is 24.2. The van der Waals surface area contributed by atoms with Crippen LogP contribution in [0.1, 0.15) is 34.2 Å². The number of benzene rings is 3. The lowest BCUT2D eigenvalue weighted by atomic mass is 10.1. The second-order valence-corrected chi connectivity index (χ2v) is 9.58. The molecular formula is C28H29N3O2S. The van der Waals surface area contributed by atoms with E-state index in [9.17, 15) is 4.79 Å². The molecule has 3 aromatic rings. The van der Waals surface area contributed by atoms with E-state index in [1.54, 1.807) is 7.11 Å². The van der Waals surface area contributed by atoms with Crippen LogP contribution in [0.25, 0.3) is 0 Å². The van der Waals surface area contributed by atoms with Gasteiger partial charge in [-0.05, 0) is 104 Å². The second-order valence-electron chi connectivity index (χ2n) is 8.53. The van der Waals surface area contributed by atoms with Crippen LogP contribution in [0.4, 0.5) is 17.1 Å². The van der Waals surface area contributed by atoms with Gasteiger partial charge in [0.05, 0.1) is 35.0 Å². The van der Waals surface area contributed by atoms with Crippen molar-refractivity contribution in [2.24, 2.45) is 9.98 Å². The number of hydrogen-bond donors (Lipinski definition) is 1. The molecule has 1 aliphatic rings. The van der Waals surface area contributed by atoms with Crippen LogP contribution in [0, 0.1) is 27.7 Å². The van der Waals surface area contributed by atoms with Gasteiger partial charge in [0.2, 0.25) is 5.91 Å². The molecule has 0 aliphatic carbocycles. The molecule has 6 heteroatoms. The van der Waals surface area contributed by atoms with Crippen LogP contribution in [0.3, 0.4) is 0 Å². The van der Waals surface area contributed by atoms with Gasteiger partial charge < -0.3 is 10.1 Å². The molecule has 3 aromatic carbocycles. The third-order valence-electron chi connectivity index (χ3n) is 5.99. The van der Waals surface area contributed by atoms with E-state index < -0.39 is 0 Å². The van der Waals surface area contributed by atoms with Gasteiger partial charge in [-0.2, -0.15) is 0 Å². The molecular weight excluding hydrogens is 442 g/mol. The van der Waals surface area contributed by atoms with Gasteiger partial charge in [-0.25, -0.2) is 4.99 Å². The fourth-order valence-electron chi connectivity index (χ4n) is 3.67. The van der Waals surface area contributed by atoms with Gasteiger partial charge in [-0.1, -0.05) is 6.07 Å². The van der Waals surface area contributed by atoms with E-state index in [0.29, 0.717) is 6.42 Å². The van der Waals surface area contributed by atoms with Gasteiger partial charge >= 0.3 is 0 Å². The Labute approximate surface area is 205 Å². The molecule has 0 unspecified atom stereocenters. The predicted molar refractivity (Wildman–Crippen MR) is 144 cm³/mol. The number of aryl methyl sites for hydroxylation is 4. The number of ether oxygens (including phenoxy) is 1. The Morgan fingerprint density at radius 1 is 0.882 bits per heavy atom. The number of amides is 1. The maximum absolute atomic E-state index is 12.7. The summed E-state index contributed by atoms with van der Waals surface area (Å²) in [5.41, 5.74) is 9.14. The van der Waals surface area contributed by atoms with Crippen LogP contribution in [0.2, 0.25) is 0 Å². The molecule has 0 fully saturated rings. The fourth-order valence-corrected chi connectivity index (χ4v) is 4.44. The number of aliphatic imine (C=N–C) groups is 2. The highest BCUT2D eigenvalue weighted by atomic mass is 32.2. The van der Waals surface area contributed by atoms with Crippen molar-refractivity contribution in [2.45, 2.75) is 34.1 Å². The van der Waals surface area contributed by atoms with Crippen LogP contribution in [0.5, 0.6) is 5.75 Å². The van der Waals surface area contributed by atoms with E-state index in [2.05, 4.69) is 38.2 Å². The van der Waals surface area contributed by atoms with E-state index in [0.717, 1.165) is 44.7 Å². The first-order chi connectivity index (χ1) is 16.3. The average Bonchev–Trinajstić information content (AvgIpc) is 2.99. The van der Waals surface area contributed by atoms with Crippen molar-refractivity contribution in [2.75, 3.05) is 18.2 Å². The lowest BCUT2D eigenvalue weighted by molar-refractivity contribution is -0.113. The molecule has 0 saturated heterocycles. The minimum atomic E-state index is -0.0524. The lowest BCUT2D eigenvalue weighted by Crippen LogP contribution is -2.16. The SMILES string of the molecule is COc1ccc(C2=Nc3cc(C)c(C)cc3N=C(SCC(=O)Nc3ccc(C)c(C)c3)C2)cc1. The zero-order valence-electron chi connectivity index (χ0n) is 20.2. The highest BCUT2D eigenvalue weighted by Crippen LogP contribution is 2.36. The van der Waals surface area contributed by atoms with Crippen molar-refractivity contribution >= 4 is 45.5 Å². The topological polar surface area (TPSA) is 63.1 Å². The Hall–Kier alpha value is -3.38. The molecule has 5 nitrogen and oxygen atoms in total. The summed E-state index contributed by atoms with van der Waals surface area (Å²) >= 11 is 1.46. The van der Waals surface area contributed by atoms with Gasteiger partial charge in [0.15, 0.2) is 0 Å². The summed E-state index contributed by atoms with van der Waals surface area (Å²) < 4.78 is 5.30. The predicted octanol–water partition coefficient (Wildman–Crippen LogP) is 6.86. The molecule has 0 spiro atoms. The van der Waals surface area contributed by atoms with Crippen molar-refractivity contribution in [3.8, 4) is 5.75 Å². The first-order valence-electron chi connectivity index (χ1n) is 11.2. The summed E-state index contributed by atoms with van der Waals surface area (Å²) in [7, 11) is 1.66. The monoisotopic (exact) mass is 471 g/mol. The Bertz CT molecular complexity index is 1290. The first-order valence-corrected chi connectivity index (χ1v) is 12.2. The van der Waals surface area contributed by atoms with Crippen molar-refractivity contribution in [1.29, 1.82) is 0 Å². The number of carbonyl (C=O) groups excluding carboxylic acids is 1. The van der Waals surface area contributed by atoms with E-state index in [-0.39, 0.29) is 11.7 Å². The van der Waals surface area contributed by atoms with Crippen LogP contribution >= 0.6 is 11.8 Å². The summed E-state index contributed by atoms with van der Waals surface area (Å²) in [5.74, 6) is 1.03. The number of nitrogens with one attached hydrogen (secondary N) is 1. The zero-order valence-corrected chi connectivity index (χ0v) is 21.0. The summed E-state index contributed by atoms with van der Waals surface area (Å²) in [6.45, 7) is 8.26. The third kappa shape index (κ3) is 5.57. The molecule has 1 aliphatic heterocycles. The molecule has 1 heterocycles. The van der Waals surface area contributed by atoms with Crippen LogP contribution in [-0.2, 0) is 4.79 Å². The van der Waals surface area contributed by atoms with Gasteiger partial charge in [0.25, 0.3) is 0 Å². The summed E-state index contributed by atoms with van der Waals surface area (Å²) in [4.78, 5) is 22.6. The molecule has 4 rings (SSSR count). The van der Waals surface area contributed by atoms with Crippen LogP contribution < -0.4 is 10.1 Å². The average molecular weight is 472 g/mol. The fraction of sp³-hybridized carbons (Fsp3) is 0.250. The number of nitrogens with zero attached hydrogens (tertiary/aromatic N) is 2.